The zero-order chi connectivity index (χ0) is 15.5. The molecule has 0 spiro atoms. The molecule has 0 aliphatic carbocycles. The molecule has 21 heavy (non-hydrogen) atoms. The maximum Gasteiger partial charge on any atom is 0.0917 e. The number of rotatable bonds is 4. The highest BCUT2D eigenvalue weighted by Crippen LogP contribution is 2.30. The number of hydrogen-bond acceptors (Lipinski definition) is 3. The predicted molar refractivity (Wildman–Crippen MR) is 87.9 cm³/mol. The van der Waals surface area contributed by atoms with Crippen LogP contribution in [-0.4, -0.2) is 29.6 Å². The van der Waals surface area contributed by atoms with Crippen molar-refractivity contribution in [2.24, 2.45) is 11.1 Å². The number of aliphatic hydroxyl groups excluding tert-OH is 1. The van der Waals surface area contributed by atoms with Gasteiger partial charge in [0.05, 0.1) is 6.10 Å². The molecule has 1 heterocycles. The minimum Gasteiger partial charge on any atom is -0.387 e. The van der Waals surface area contributed by atoms with Gasteiger partial charge in [-0.25, -0.2) is 0 Å². The molecule has 116 valence electrons. The topological polar surface area (TPSA) is 49.5 Å². The van der Waals surface area contributed by atoms with E-state index in [0.29, 0.717) is 13.1 Å². The third kappa shape index (κ3) is 4.40. The monoisotopic (exact) mass is 288 g/mol. The summed E-state index contributed by atoms with van der Waals surface area (Å²) >= 11 is 0. The van der Waals surface area contributed by atoms with Crippen LogP contribution in [0.1, 0.15) is 44.4 Å². The highest BCUT2D eigenvalue weighted by Gasteiger charge is 2.22. The first-order chi connectivity index (χ1) is 9.90. The molecule has 0 amide bonds. The van der Waals surface area contributed by atoms with Gasteiger partial charge in [0.2, 0.25) is 0 Å². The van der Waals surface area contributed by atoms with Crippen molar-refractivity contribution in [3.63, 3.8) is 0 Å². The molecule has 3 nitrogen and oxygen atoms in total. The van der Waals surface area contributed by atoms with Gasteiger partial charge in [-0.1, -0.05) is 56.7 Å². The van der Waals surface area contributed by atoms with Gasteiger partial charge in [-0.3, -0.25) is 4.90 Å². The Kier molecular flexibility index (Phi) is 5.20. The van der Waals surface area contributed by atoms with Crippen molar-refractivity contribution >= 4 is 0 Å². The molecule has 0 saturated heterocycles. The number of aliphatic hydroxyl groups is 1. The molecule has 3 heteroatoms. The lowest BCUT2D eigenvalue weighted by molar-refractivity contribution is 0.116. The van der Waals surface area contributed by atoms with Crippen molar-refractivity contribution in [1.82, 2.24) is 4.90 Å². The number of benzene rings is 1. The summed E-state index contributed by atoms with van der Waals surface area (Å²) in [6, 6.07) is 7.94. The molecule has 0 radical (unpaired) electrons. The summed E-state index contributed by atoms with van der Waals surface area (Å²) in [5.74, 6) is 0. The third-order valence-electron chi connectivity index (χ3n) is 4.29. The van der Waals surface area contributed by atoms with Crippen molar-refractivity contribution in [2.75, 3.05) is 19.6 Å². The smallest absolute Gasteiger partial charge is 0.0917 e. The summed E-state index contributed by atoms with van der Waals surface area (Å²) in [5, 5.41) is 10.4. The van der Waals surface area contributed by atoms with E-state index in [2.05, 4.69) is 31.7 Å². The lowest BCUT2D eigenvalue weighted by Crippen LogP contribution is -2.34. The van der Waals surface area contributed by atoms with E-state index in [1.807, 2.05) is 24.3 Å². The molecule has 2 rings (SSSR count). The lowest BCUT2D eigenvalue weighted by Gasteiger charge is -2.33. The molecule has 1 aromatic carbocycles. The Morgan fingerprint density at radius 1 is 1.24 bits per heavy atom. The summed E-state index contributed by atoms with van der Waals surface area (Å²) in [5.41, 5.74) is 9.46. The zero-order valence-corrected chi connectivity index (χ0v) is 13.5. The number of hydrogen-bond donors (Lipinski definition) is 2. The van der Waals surface area contributed by atoms with Crippen LogP contribution in [0.5, 0.6) is 0 Å². The van der Waals surface area contributed by atoms with E-state index in [1.165, 1.54) is 5.57 Å². The second-order valence-corrected chi connectivity index (χ2v) is 6.95. The Hall–Kier alpha value is -1.16. The Morgan fingerprint density at radius 3 is 2.38 bits per heavy atom. The molecular formula is C18H28N2O. The van der Waals surface area contributed by atoms with Crippen LogP contribution in [0.2, 0.25) is 0 Å². The second-order valence-electron chi connectivity index (χ2n) is 6.95. The molecule has 1 aromatic rings. The molecule has 0 fully saturated rings. The predicted octanol–water partition coefficient (Wildman–Crippen LogP) is 2.86. The van der Waals surface area contributed by atoms with Gasteiger partial charge < -0.3 is 10.8 Å². The second kappa shape index (κ2) is 6.73. The first-order valence-corrected chi connectivity index (χ1v) is 7.79. The zero-order valence-electron chi connectivity index (χ0n) is 13.5. The number of nitrogens with zero attached hydrogens (tertiary/aromatic N) is 1. The maximum absolute atomic E-state index is 10.4. The normalized spacial score (nSPS) is 18.4. The van der Waals surface area contributed by atoms with Crippen molar-refractivity contribution in [1.29, 1.82) is 0 Å². The summed E-state index contributed by atoms with van der Waals surface area (Å²) in [4.78, 5) is 2.32. The molecule has 3 N–H and O–H groups in total. The highest BCUT2D eigenvalue weighted by molar-refractivity contribution is 5.24. The fraction of sp³-hybridized carbons (Fsp3) is 0.556. The first-order valence-electron chi connectivity index (χ1n) is 7.79. The maximum atomic E-state index is 10.4. The SMILES string of the molecule is CC(C)(C)C1=CCN(CC(O)c2ccc(CN)cc2)CC1. The summed E-state index contributed by atoms with van der Waals surface area (Å²) < 4.78 is 0. The van der Waals surface area contributed by atoms with Crippen LogP contribution >= 0.6 is 0 Å². The van der Waals surface area contributed by atoms with E-state index in [9.17, 15) is 5.11 Å². The molecule has 0 bridgehead atoms. The van der Waals surface area contributed by atoms with E-state index >= 15 is 0 Å². The number of β-amino-alcohol motifs (C(OH)–C–C–N with tert-alkyl or cyclic N) is 1. The van der Waals surface area contributed by atoms with Gasteiger partial charge in [0.15, 0.2) is 0 Å². The van der Waals surface area contributed by atoms with Gasteiger partial charge in [-0.2, -0.15) is 0 Å². The molecule has 1 atom stereocenters. The Morgan fingerprint density at radius 2 is 1.90 bits per heavy atom. The van der Waals surface area contributed by atoms with E-state index in [0.717, 1.165) is 30.6 Å². The third-order valence-corrected chi connectivity index (χ3v) is 4.29. The van der Waals surface area contributed by atoms with Crippen LogP contribution < -0.4 is 5.73 Å². The molecular weight excluding hydrogens is 260 g/mol. The van der Waals surface area contributed by atoms with Crippen LogP contribution in [0.25, 0.3) is 0 Å². The largest absolute Gasteiger partial charge is 0.387 e. The van der Waals surface area contributed by atoms with Crippen LogP contribution in [-0.2, 0) is 6.54 Å². The molecule has 1 unspecified atom stereocenters. The van der Waals surface area contributed by atoms with Gasteiger partial charge in [-0.05, 0) is 23.0 Å². The average Bonchev–Trinajstić information content (AvgIpc) is 2.47. The molecule has 1 aliphatic rings. The summed E-state index contributed by atoms with van der Waals surface area (Å²) in [7, 11) is 0. The summed E-state index contributed by atoms with van der Waals surface area (Å²) in [6.07, 6.45) is 3.00. The van der Waals surface area contributed by atoms with Gasteiger partial charge in [0, 0.05) is 26.2 Å². The van der Waals surface area contributed by atoms with E-state index in [-0.39, 0.29) is 5.41 Å². The molecule has 0 saturated carbocycles. The Bertz CT molecular complexity index is 485. The summed E-state index contributed by atoms with van der Waals surface area (Å²) in [6.45, 7) is 10.00. The number of nitrogens with two attached hydrogens (primary N) is 1. The van der Waals surface area contributed by atoms with E-state index < -0.39 is 6.10 Å². The minimum absolute atomic E-state index is 0.267. The Labute approximate surface area is 128 Å². The highest BCUT2D eigenvalue weighted by atomic mass is 16.3. The average molecular weight is 288 g/mol. The van der Waals surface area contributed by atoms with Crippen LogP contribution in [0.4, 0.5) is 0 Å². The standard InChI is InChI=1S/C18H28N2O/c1-18(2,3)16-8-10-20(11-9-16)13-17(21)15-6-4-14(12-19)5-7-15/h4-8,17,21H,9-13,19H2,1-3H3. The van der Waals surface area contributed by atoms with Crippen molar-refractivity contribution in [2.45, 2.75) is 39.8 Å². The van der Waals surface area contributed by atoms with E-state index in [4.69, 9.17) is 5.73 Å². The van der Waals surface area contributed by atoms with Gasteiger partial charge in [-0.15, -0.1) is 0 Å². The van der Waals surface area contributed by atoms with E-state index in [1.54, 1.807) is 0 Å². The molecule has 1 aliphatic heterocycles. The van der Waals surface area contributed by atoms with Gasteiger partial charge in [0.1, 0.15) is 0 Å². The molecule has 0 aromatic heterocycles. The first kappa shape index (κ1) is 16.2. The van der Waals surface area contributed by atoms with Crippen molar-refractivity contribution in [3.8, 4) is 0 Å². The lowest BCUT2D eigenvalue weighted by atomic mass is 9.83. The van der Waals surface area contributed by atoms with Crippen LogP contribution in [0.15, 0.2) is 35.9 Å². The van der Waals surface area contributed by atoms with Crippen molar-refractivity contribution < 1.29 is 5.11 Å². The fourth-order valence-electron chi connectivity index (χ4n) is 2.78. The van der Waals surface area contributed by atoms with Crippen LogP contribution in [0.3, 0.4) is 0 Å². The van der Waals surface area contributed by atoms with Gasteiger partial charge in [0.25, 0.3) is 0 Å². The quantitative estimate of drug-likeness (QED) is 0.838. The van der Waals surface area contributed by atoms with Gasteiger partial charge >= 0.3 is 0 Å². The Balaban J connectivity index is 1.92. The van der Waals surface area contributed by atoms with Crippen LogP contribution in [0, 0.1) is 5.41 Å². The minimum atomic E-state index is -0.429. The fourth-order valence-corrected chi connectivity index (χ4v) is 2.78. The van der Waals surface area contributed by atoms with Crippen molar-refractivity contribution in [3.05, 3.63) is 47.0 Å².